The van der Waals surface area contributed by atoms with E-state index in [9.17, 15) is 4.79 Å². The van der Waals surface area contributed by atoms with Gasteiger partial charge in [-0.1, -0.05) is 17.7 Å². The minimum Gasteiger partial charge on any atom is -0.493 e. The summed E-state index contributed by atoms with van der Waals surface area (Å²) in [6.45, 7) is 5.30. The molecule has 126 valence electrons. The van der Waals surface area contributed by atoms with E-state index < -0.39 is 0 Å². The van der Waals surface area contributed by atoms with E-state index >= 15 is 0 Å². The maximum atomic E-state index is 13.0. The van der Waals surface area contributed by atoms with Gasteiger partial charge in [0.05, 0.1) is 13.7 Å². The van der Waals surface area contributed by atoms with Gasteiger partial charge < -0.3 is 14.4 Å². The van der Waals surface area contributed by atoms with Gasteiger partial charge in [-0.05, 0) is 56.5 Å². The second-order valence-corrected chi connectivity index (χ2v) is 5.99. The van der Waals surface area contributed by atoms with E-state index in [1.165, 1.54) is 11.1 Å². The van der Waals surface area contributed by atoms with Crippen molar-refractivity contribution in [2.75, 3.05) is 25.2 Å². The van der Waals surface area contributed by atoms with Crippen LogP contribution in [0.4, 0.5) is 5.69 Å². The van der Waals surface area contributed by atoms with Gasteiger partial charge in [0.25, 0.3) is 5.91 Å². The number of rotatable bonds is 4. The third kappa shape index (κ3) is 3.09. The Bertz CT molecular complexity index is 755. The zero-order valence-electron chi connectivity index (χ0n) is 14.5. The molecular weight excluding hydrogens is 302 g/mol. The van der Waals surface area contributed by atoms with Gasteiger partial charge in [-0.2, -0.15) is 0 Å². The largest absolute Gasteiger partial charge is 0.493 e. The Kier molecular flexibility index (Phi) is 4.74. The summed E-state index contributed by atoms with van der Waals surface area (Å²) < 4.78 is 10.9. The molecule has 0 aliphatic carbocycles. The predicted molar refractivity (Wildman–Crippen MR) is 95.3 cm³/mol. The van der Waals surface area contributed by atoms with Crippen LogP contribution >= 0.6 is 0 Å². The first-order chi connectivity index (χ1) is 11.6. The lowest BCUT2D eigenvalue weighted by atomic mass is 9.99. The number of fused-ring (bicyclic) bond motifs is 1. The van der Waals surface area contributed by atoms with Gasteiger partial charge in [0.1, 0.15) is 0 Å². The lowest BCUT2D eigenvalue weighted by Gasteiger charge is -2.30. The number of methoxy groups -OCH3 is 1. The number of hydrogen-bond acceptors (Lipinski definition) is 3. The summed E-state index contributed by atoms with van der Waals surface area (Å²) in [5, 5.41) is 0. The summed E-state index contributed by atoms with van der Waals surface area (Å²) in [4.78, 5) is 14.9. The first kappa shape index (κ1) is 16.4. The number of aryl methyl sites for hydroxylation is 2. The zero-order valence-corrected chi connectivity index (χ0v) is 14.5. The van der Waals surface area contributed by atoms with E-state index in [0.29, 0.717) is 23.7 Å². The van der Waals surface area contributed by atoms with Crippen molar-refractivity contribution in [2.24, 2.45) is 0 Å². The van der Waals surface area contributed by atoms with Crippen molar-refractivity contribution in [3.63, 3.8) is 0 Å². The van der Waals surface area contributed by atoms with Gasteiger partial charge >= 0.3 is 0 Å². The summed E-state index contributed by atoms with van der Waals surface area (Å²) in [6, 6.07) is 11.6. The van der Waals surface area contributed by atoms with Crippen LogP contribution in [0.15, 0.2) is 36.4 Å². The molecule has 0 unspecified atom stereocenters. The Morgan fingerprint density at radius 2 is 2.00 bits per heavy atom. The molecule has 1 amide bonds. The number of anilines is 1. The molecule has 4 heteroatoms. The number of carbonyl (C=O) groups is 1. The molecule has 2 aromatic carbocycles. The molecule has 0 radical (unpaired) electrons. The number of benzene rings is 2. The molecule has 24 heavy (non-hydrogen) atoms. The van der Waals surface area contributed by atoms with Gasteiger partial charge in [-0.3, -0.25) is 4.79 Å². The molecule has 2 aromatic rings. The quantitative estimate of drug-likeness (QED) is 0.853. The molecule has 0 N–H and O–H groups in total. The molecular formula is C20H23NO3. The van der Waals surface area contributed by atoms with Crippen LogP contribution in [0, 0.1) is 6.92 Å². The fourth-order valence-corrected chi connectivity index (χ4v) is 3.17. The Balaban J connectivity index is 1.93. The van der Waals surface area contributed by atoms with Crippen molar-refractivity contribution in [3.8, 4) is 11.5 Å². The molecule has 0 fully saturated rings. The first-order valence-corrected chi connectivity index (χ1v) is 8.36. The van der Waals surface area contributed by atoms with Crippen molar-refractivity contribution in [3.05, 3.63) is 53.1 Å². The average Bonchev–Trinajstić information content (AvgIpc) is 2.61. The second-order valence-electron chi connectivity index (χ2n) is 5.99. The lowest BCUT2D eigenvalue weighted by molar-refractivity contribution is 0.0984. The van der Waals surface area contributed by atoms with Crippen LogP contribution in [0.1, 0.15) is 34.8 Å². The SMILES string of the molecule is CCOc1ccc(C(=O)N2CCCc3cc(C)ccc32)cc1OC. The summed E-state index contributed by atoms with van der Waals surface area (Å²) in [5.74, 6) is 1.25. The normalized spacial score (nSPS) is 13.4. The molecule has 0 aromatic heterocycles. The highest BCUT2D eigenvalue weighted by Crippen LogP contribution is 2.32. The van der Waals surface area contributed by atoms with Crippen LogP contribution < -0.4 is 14.4 Å². The summed E-state index contributed by atoms with van der Waals surface area (Å²) >= 11 is 0. The topological polar surface area (TPSA) is 38.8 Å². The molecule has 0 bridgehead atoms. The van der Waals surface area contributed by atoms with Crippen LogP contribution in [-0.4, -0.2) is 26.2 Å². The second kappa shape index (κ2) is 6.95. The monoisotopic (exact) mass is 325 g/mol. The van der Waals surface area contributed by atoms with E-state index in [0.717, 1.165) is 25.1 Å². The van der Waals surface area contributed by atoms with Gasteiger partial charge in [0, 0.05) is 17.8 Å². The molecule has 0 saturated heterocycles. The number of nitrogens with zero attached hydrogens (tertiary/aromatic N) is 1. The van der Waals surface area contributed by atoms with E-state index in [1.54, 1.807) is 25.3 Å². The third-order valence-corrected chi connectivity index (χ3v) is 4.31. The van der Waals surface area contributed by atoms with Crippen molar-refractivity contribution in [1.82, 2.24) is 0 Å². The Labute approximate surface area is 143 Å². The first-order valence-electron chi connectivity index (χ1n) is 8.36. The van der Waals surface area contributed by atoms with Crippen LogP contribution in [0.25, 0.3) is 0 Å². The van der Waals surface area contributed by atoms with Gasteiger partial charge in [-0.15, -0.1) is 0 Å². The number of carbonyl (C=O) groups excluding carboxylic acids is 1. The number of ether oxygens (including phenoxy) is 2. The average molecular weight is 325 g/mol. The highest BCUT2D eigenvalue weighted by Gasteiger charge is 2.24. The molecule has 4 nitrogen and oxygen atoms in total. The van der Waals surface area contributed by atoms with Crippen LogP contribution in [0.5, 0.6) is 11.5 Å². The van der Waals surface area contributed by atoms with E-state index in [1.807, 2.05) is 17.9 Å². The van der Waals surface area contributed by atoms with Gasteiger partial charge in [-0.25, -0.2) is 0 Å². The standard InChI is InChI=1S/C20H23NO3/c1-4-24-18-10-8-16(13-19(18)23-3)20(22)21-11-5-6-15-12-14(2)7-9-17(15)21/h7-10,12-13H,4-6,11H2,1-3H3. The van der Waals surface area contributed by atoms with Crippen molar-refractivity contribution >= 4 is 11.6 Å². The highest BCUT2D eigenvalue weighted by molar-refractivity contribution is 6.07. The molecule has 1 aliphatic heterocycles. The molecule has 0 saturated carbocycles. The van der Waals surface area contributed by atoms with Crippen LogP contribution in [0.3, 0.4) is 0 Å². The fraction of sp³-hybridized carbons (Fsp3) is 0.350. The molecule has 1 heterocycles. The van der Waals surface area contributed by atoms with Crippen molar-refractivity contribution in [2.45, 2.75) is 26.7 Å². The van der Waals surface area contributed by atoms with Crippen LogP contribution in [-0.2, 0) is 6.42 Å². The minimum atomic E-state index is 0.00107. The van der Waals surface area contributed by atoms with E-state index in [-0.39, 0.29) is 5.91 Å². The van der Waals surface area contributed by atoms with E-state index in [2.05, 4.69) is 19.1 Å². The smallest absolute Gasteiger partial charge is 0.258 e. The maximum absolute atomic E-state index is 13.0. The third-order valence-electron chi connectivity index (χ3n) is 4.31. The Hall–Kier alpha value is -2.49. The maximum Gasteiger partial charge on any atom is 0.258 e. The number of amides is 1. The molecule has 1 aliphatic rings. The number of hydrogen-bond donors (Lipinski definition) is 0. The summed E-state index contributed by atoms with van der Waals surface area (Å²) in [5.41, 5.74) is 4.10. The molecule has 0 spiro atoms. The van der Waals surface area contributed by atoms with Gasteiger partial charge in [0.15, 0.2) is 11.5 Å². The lowest BCUT2D eigenvalue weighted by Crippen LogP contribution is -2.35. The van der Waals surface area contributed by atoms with Crippen molar-refractivity contribution < 1.29 is 14.3 Å². The summed E-state index contributed by atoms with van der Waals surface area (Å²) in [6.07, 6.45) is 2.00. The minimum absolute atomic E-state index is 0.00107. The fourth-order valence-electron chi connectivity index (χ4n) is 3.17. The predicted octanol–water partition coefficient (Wildman–Crippen LogP) is 4.00. The van der Waals surface area contributed by atoms with Crippen LogP contribution in [0.2, 0.25) is 0 Å². The zero-order chi connectivity index (χ0) is 17.1. The molecule has 3 rings (SSSR count). The van der Waals surface area contributed by atoms with Gasteiger partial charge in [0.2, 0.25) is 0 Å². The highest BCUT2D eigenvalue weighted by atomic mass is 16.5. The Morgan fingerprint density at radius 1 is 1.17 bits per heavy atom. The Morgan fingerprint density at radius 3 is 2.75 bits per heavy atom. The molecule has 0 atom stereocenters. The summed E-state index contributed by atoms with van der Waals surface area (Å²) in [7, 11) is 1.59. The van der Waals surface area contributed by atoms with E-state index in [4.69, 9.17) is 9.47 Å². The van der Waals surface area contributed by atoms with Crippen molar-refractivity contribution in [1.29, 1.82) is 0 Å².